The molecule has 0 spiro atoms. The fourth-order valence-corrected chi connectivity index (χ4v) is 2.49. The van der Waals surface area contributed by atoms with Gasteiger partial charge in [0.15, 0.2) is 0 Å². The quantitative estimate of drug-likeness (QED) is 0.682. The maximum atomic E-state index is 12.0. The van der Waals surface area contributed by atoms with Gasteiger partial charge in [-0.15, -0.1) is 6.58 Å². The normalized spacial score (nSPS) is 11.0. The van der Waals surface area contributed by atoms with Crippen LogP contribution in [0.1, 0.15) is 17.1 Å². The first-order chi connectivity index (χ1) is 11.2. The van der Waals surface area contributed by atoms with Crippen LogP contribution in [0.25, 0.3) is 10.9 Å². The number of aryl methyl sites for hydroxylation is 1. The molecule has 3 aromatic rings. The van der Waals surface area contributed by atoms with Crippen molar-refractivity contribution < 1.29 is 0 Å². The van der Waals surface area contributed by atoms with Gasteiger partial charge in [-0.2, -0.15) is 5.10 Å². The molecule has 0 aliphatic carbocycles. The van der Waals surface area contributed by atoms with Crippen LogP contribution in [0.2, 0.25) is 0 Å². The van der Waals surface area contributed by atoms with Crippen LogP contribution in [0.3, 0.4) is 0 Å². The second-order valence-electron chi connectivity index (χ2n) is 5.38. The van der Waals surface area contributed by atoms with E-state index in [9.17, 15) is 4.79 Å². The molecule has 118 valence electrons. The highest BCUT2D eigenvalue weighted by Gasteiger charge is 2.06. The summed E-state index contributed by atoms with van der Waals surface area (Å²) in [6, 6.07) is 7.33. The molecular formula is C17H19N5O. The van der Waals surface area contributed by atoms with Crippen LogP contribution in [-0.4, -0.2) is 19.7 Å². The second kappa shape index (κ2) is 6.58. The van der Waals surface area contributed by atoms with Crippen LogP contribution in [0, 0.1) is 6.92 Å². The molecule has 0 amide bonds. The molecule has 3 rings (SSSR count). The molecule has 0 radical (unpaired) electrons. The summed E-state index contributed by atoms with van der Waals surface area (Å²) in [6.07, 6.45) is 3.81. The molecule has 0 saturated carbocycles. The third-order valence-corrected chi connectivity index (χ3v) is 3.63. The molecule has 0 unspecified atom stereocenters. The Kier molecular flexibility index (Phi) is 4.34. The fourth-order valence-electron chi connectivity index (χ4n) is 2.49. The van der Waals surface area contributed by atoms with Gasteiger partial charge in [0.1, 0.15) is 5.82 Å². The number of para-hydroxylation sites is 1. The molecule has 2 aromatic heterocycles. The standard InChI is InChI=1S/C17H19N5O/c1-3-8-22-11-13(12(2)21-22)9-18-10-16-19-15-7-5-4-6-14(15)17(23)20-16/h3-7,11,18H,1,8-10H2,2H3,(H,19,20,23). The van der Waals surface area contributed by atoms with E-state index >= 15 is 0 Å². The average molecular weight is 309 g/mol. The van der Waals surface area contributed by atoms with Gasteiger partial charge in [0, 0.05) is 18.3 Å². The largest absolute Gasteiger partial charge is 0.309 e. The summed E-state index contributed by atoms with van der Waals surface area (Å²) in [4.78, 5) is 19.3. The minimum Gasteiger partial charge on any atom is -0.309 e. The van der Waals surface area contributed by atoms with Crippen molar-refractivity contribution in [2.75, 3.05) is 0 Å². The summed E-state index contributed by atoms with van der Waals surface area (Å²) in [5, 5.41) is 8.32. The van der Waals surface area contributed by atoms with Crippen LogP contribution < -0.4 is 10.9 Å². The van der Waals surface area contributed by atoms with E-state index in [1.54, 1.807) is 6.07 Å². The number of aromatic nitrogens is 4. The van der Waals surface area contributed by atoms with Gasteiger partial charge < -0.3 is 10.3 Å². The lowest BCUT2D eigenvalue weighted by atomic mass is 10.2. The summed E-state index contributed by atoms with van der Waals surface area (Å²) in [7, 11) is 0. The highest BCUT2D eigenvalue weighted by Crippen LogP contribution is 2.07. The van der Waals surface area contributed by atoms with Crippen molar-refractivity contribution in [3.63, 3.8) is 0 Å². The zero-order valence-electron chi connectivity index (χ0n) is 13.0. The molecule has 2 heterocycles. The van der Waals surface area contributed by atoms with Gasteiger partial charge in [-0.1, -0.05) is 18.2 Å². The molecule has 23 heavy (non-hydrogen) atoms. The van der Waals surface area contributed by atoms with Gasteiger partial charge in [-0.05, 0) is 19.1 Å². The number of H-pyrrole nitrogens is 1. The summed E-state index contributed by atoms with van der Waals surface area (Å²) >= 11 is 0. The highest BCUT2D eigenvalue weighted by atomic mass is 16.1. The first-order valence-electron chi connectivity index (χ1n) is 7.50. The van der Waals surface area contributed by atoms with E-state index in [1.807, 2.05) is 42.1 Å². The van der Waals surface area contributed by atoms with Crippen molar-refractivity contribution in [2.24, 2.45) is 0 Å². The smallest absolute Gasteiger partial charge is 0.258 e. The van der Waals surface area contributed by atoms with Crippen molar-refractivity contribution in [3.8, 4) is 0 Å². The maximum Gasteiger partial charge on any atom is 0.258 e. The number of allylic oxidation sites excluding steroid dienone is 1. The van der Waals surface area contributed by atoms with Gasteiger partial charge >= 0.3 is 0 Å². The number of nitrogens with one attached hydrogen (secondary N) is 2. The third-order valence-electron chi connectivity index (χ3n) is 3.63. The number of fused-ring (bicyclic) bond motifs is 1. The molecule has 6 nitrogen and oxygen atoms in total. The Hall–Kier alpha value is -2.73. The number of nitrogens with zero attached hydrogens (tertiary/aromatic N) is 3. The van der Waals surface area contributed by atoms with E-state index in [1.165, 1.54) is 0 Å². The van der Waals surface area contributed by atoms with Gasteiger partial charge in [0.05, 0.1) is 29.7 Å². The van der Waals surface area contributed by atoms with E-state index in [4.69, 9.17) is 0 Å². The zero-order valence-corrected chi connectivity index (χ0v) is 13.0. The van der Waals surface area contributed by atoms with E-state index in [0.29, 0.717) is 36.4 Å². The van der Waals surface area contributed by atoms with Crippen LogP contribution in [0.5, 0.6) is 0 Å². The first-order valence-corrected chi connectivity index (χ1v) is 7.50. The Morgan fingerprint density at radius 2 is 2.17 bits per heavy atom. The van der Waals surface area contributed by atoms with E-state index in [-0.39, 0.29) is 5.56 Å². The molecule has 0 fully saturated rings. The van der Waals surface area contributed by atoms with Gasteiger partial charge in [0.2, 0.25) is 0 Å². The number of hydrogen-bond acceptors (Lipinski definition) is 4. The molecule has 0 atom stereocenters. The maximum absolute atomic E-state index is 12.0. The predicted octanol–water partition coefficient (Wildman–Crippen LogP) is 1.90. The Bertz CT molecular complexity index is 893. The molecule has 6 heteroatoms. The van der Waals surface area contributed by atoms with E-state index in [2.05, 4.69) is 27.0 Å². The first kappa shape index (κ1) is 15.2. The monoisotopic (exact) mass is 309 g/mol. The molecule has 0 aliphatic rings. The topological polar surface area (TPSA) is 75.6 Å². The second-order valence-corrected chi connectivity index (χ2v) is 5.38. The van der Waals surface area contributed by atoms with E-state index < -0.39 is 0 Å². The van der Waals surface area contributed by atoms with Crippen LogP contribution in [0.15, 0.2) is 47.9 Å². The highest BCUT2D eigenvalue weighted by molar-refractivity contribution is 5.77. The van der Waals surface area contributed by atoms with Gasteiger partial charge in [0.25, 0.3) is 5.56 Å². The third kappa shape index (κ3) is 3.37. The summed E-state index contributed by atoms with van der Waals surface area (Å²) in [5.41, 5.74) is 2.71. The molecular weight excluding hydrogens is 290 g/mol. The van der Waals surface area contributed by atoms with Gasteiger partial charge in [-0.3, -0.25) is 9.48 Å². The Morgan fingerprint density at radius 1 is 1.35 bits per heavy atom. The fraction of sp³-hybridized carbons (Fsp3) is 0.235. The molecule has 2 N–H and O–H groups in total. The molecule has 0 bridgehead atoms. The minimum absolute atomic E-state index is 0.109. The van der Waals surface area contributed by atoms with Crippen molar-refractivity contribution in [3.05, 3.63) is 70.6 Å². The predicted molar refractivity (Wildman–Crippen MR) is 90.1 cm³/mol. The lowest BCUT2D eigenvalue weighted by molar-refractivity contribution is 0.659. The number of hydrogen-bond donors (Lipinski definition) is 2. The van der Waals surface area contributed by atoms with Crippen molar-refractivity contribution >= 4 is 10.9 Å². The Balaban J connectivity index is 1.69. The Labute approximate surface area is 133 Å². The minimum atomic E-state index is -0.109. The lowest BCUT2D eigenvalue weighted by Gasteiger charge is -2.05. The van der Waals surface area contributed by atoms with Crippen LogP contribution in [0.4, 0.5) is 0 Å². The SMILES string of the molecule is C=CCn1cc(CNCc2nc3ccccc3c(=O)[nH]2)c(C)n1. The molecule has 0 saturated heterocycles. The van der Waals surface area contributed by atoms with Gasteiger partial charge in [-0.25, -0.2) is 4.98 Å². The van der Waals surface area contributed by atoms with Crippen molar-refractivity contribution in [2.45, 2.75) is 26.6 Å². The summed E-state index contributed by atoms with van der Waals surface area (Å²) in [5.74, 6) is 0.629. The molecule has 0 aliphatic heterocycles. The Morgan fingerprint density at radius 3 is 3.00 bits per heavy atom. The number of benzene rings is 1. The van der Waals surface area contributed by atoms with Crippen LogP contribution >= 0.6 is 0 Å². The average Bonchev–Trinajstić information content (AvgIpc) is 2.88. The van der Waals surface area contributed by atoms with Crippen LogP contribution in [-0.2, 0) is 19.6 Å². The number of rotatable bonds is 6. The number of aromatic amines is 1. The lowest BCUT2D eigenvalue weighted by Crippen LogP contribution is -2.19. The van der Waals surface area contributed by atoms with Crippen molar-refractivity contribution in [1.29, 1.82) is 0 Å². The zero-order chi connectivity index (χ0) is 16.2. The van der Waals surface area contributed by atoms with Crippen molar-refractivity contribution in [1.82, 2.24) is 25.1 Å². The molecule has 1 aromatic carbocycles. The summed E-state index contributed by atoms with van der Waals surface area (Å²) in [6.45, 7) is 7.54. The van der Waals surface area contributed by atoms with E-state index in [0.717, 1.165) is 11.3 Å². The summed E-state index contributed by atoms with van der Waals surface area (Å²) < 4.78 is 1.86.